The standard InChI is InChI=1S/C21H43N5/c1-3-14-25-18-11-20(12-19-25)24-21(22-4-2)23-13-7-5-8-15-26-16-9-6-10-17-26/h20H,3-19H2,1-2H3,(H2,22,23,24). The topological polar surface area (TPSA) is 42.9 Å². The van der Waals surface area contributed by atoms with Crippen molar-refractivity contribution in [3.63, 3.8) is 0 Å². The number of unbranched alkanes of at least 4 members (excludes halogenated alkanes) is 2. The first-order valence-electron chi connectivity index (χ1n) is 11.3. The SMILES string of the molecule is CCCN1CCC(NC(=NCCCCCN2CCCCC2)NCC)CC1. The molecule has 2 aliphatic heterocycles. The van der Waals surface area contributed by atoms with Crippen LogP contribution in [-0.4, -0.2) is 74.2 Å². The smallest absolute Gasteiger partial charge is 0.191 e. The van der Waals surface area contributed by atoms with Gasteiger partial charge < -0.3 is 20.4 Å². The maximum Gasteiger partial charge on any atom is 0.191 e. The molecule has 0 bridgehead atoms. The van der Waals surface area contributed by atoms with Gasteiger partial charge in [0, 0.05) is 32.2 Å². The molecule has 26 heavy (non-hydrogen) atoms. The van der Waals surface area contributed by atoms with Gasteiger partial charge in [-0.05, 0) is 78.0 Å². The number of likely N-dealkylation sites (tertiary alicyclic amines) is 2. The monoisotopic (exact) mass is 365 g/mol. The Morgan fingerprint density at radius 3 is 2.31 bits per heavy atom. The van der Waals surface area contributed by atoms with Crippen molar-refractivity contribution < 1.29 is 0 Å². The molecule has 2 fully saturated rings. The molecule has 0 spiro atoms. The Kier molecular flexibility index (Phi) is 11.1. The zero-order valence-corrected chi connectivity index (χ0v) is 17.4. The first kappa shape index (κ1) is 21.5. The molecule has 2 saturated heterocycles. The zero-order chi connectivity index (χ0) is 18.5. The van der Waals surface area contributed by atoms with Crippen molar-refractivity contribution >= 4 is 5.96 Å². The Labute approximate surface area is 162 Å². The summed E-state index contributed by atoms with van der Waals surface area (Å²) in [7, 11) is 0. The molecule has 2 aliphatic rings. The number of rotatable bonds is 10. The summed E-state index contributed by atoms with van der Waals surface area (Å²) in [5.74, 6) is 1.03. The maximum atomic E-state index is 4.81. The molecule has 0 radical (unpaired) electrons. The molecule has 2 N–H and O–H groups in total. The summed E-state index contributed by atoms with van der Waals surface area (Å²) in [4.78, 5) is 10.0. The fourth-order valence-corrected chi connectivity index (χ4v) is 4.13. The van der Waals surface area contributed by atoms with Crippen LogP contribution < -0.4 is 10.6 Å². The van der Waals surface area contributed by atoms with Crippen LogP contribution in [0.3, 0.4) is 0 Å². The van der Waals surface area contributed by atoms with Gasteiger partial charge in [0.2, 0.25) is 0 Å². The van der Waals surface area contributed by atoms with E-state index in [4.69, 9.17) is 4.99 Å². The van der Waals surface area contributed by atoms with E-state index in [0.29, 0.717) is 6.04 Å². The first-order valence-corrected chi connectivity index (χ1v) is 11.3. The zero-order valence-electron chi connectivity index (χ0n) is 17.4. The summed E-state index contributed by atoms with van der Waals surface area (Å²) in [5, 5.41) is 7.09. The van der Waals surface area contributed by atoms with E-state index in [1.165, 1.54) is 97.1 Å². The number of hydrogen-bond acceptors (Lipinski definition) is 3. The van der Waals surface area contributed by atoms with Gasteiger partial charge in [-0.3, -0.25) is 4.99 Å². The van der Waals surface area contributed by atoms with Crippen LogP contribution >= 0.6 is 0 Å². The minimum Gasteiger partial charge on any atom is -0.357 e. The second kappa shape index (κ2) is 13.4. The summed E-state index contributed by atoms with van der Waals surface area (Å²) < 4.78 is 0. The number of aliphatic imine (C=N–C) groups is 1. The second-order valence-electron chi connectivity index (χ2n) is 7.98. The molecule has 0 aromatic heterocycles. The fraction of sp³-hybridized carbons (Fsp3) is 0.952. The predicted molar refractivity (Wildman–Crippen MR) is 113 cm³/mol. The lowest BCUT2D eigenvalue weighted by atomic mass is 10.1. The minimum atomic E-state index is 0.583. The van der Waals surface area contributed by atoms with Crippen LogP contribution in [0.25, 0.3) is 0 Å². The van der Waals surface area contributed by atoms with E-state index < -0.39 is 0 Å². The molecule has 2 heterocycles. The van der Waals surface area contributed by atoms with Crippen LogP contribution in [0, 0.1) is 0 Å². The largest absolute Gasteiger partial charge is 0.357 e. The van der Waals surface area contributed by atoms with Crippen molar-refractivity contribution in [1.29, 1.82) is 0 Å². The molecule has 5 nitrogen and oxygen atoms in total. The van der Waals surface area contributed by atoms with Gasteiger partial charge in [-0.15, -0.1) is 0 Å². The van der Waals surface area contributed by atoms with E-state index >= 15 is 0 Å². The highest BCUT2D eigenvalue weighted by atomic mass is 15.2. The molecular formula is C21H43N5. The van der Waals surface area contributed by atoms with Gasteiger partial charge in [0.05, 0.1) is 0 Å². The highest BCUT2D eigenvalue weighted by molar-refractivity contribution is 5.80. The number of nitrogens with zero attached hydrogens (tertiary/aromatic N) is 3. The van der Waals surface area contributed by atoms with Gasteiger partial charge in [0.1, 0.15) is 0 Å². The van der Waals surface area contributed by atoms with Crippen LogP contribution in [0.15, 0.2) is 4.99 Å². The molecule has 0 aromatic rings. The van der Waals surface area contributed by atoms with Gasteiger partial charge in [-0.25, -0.2) is 0 Å². The van der Waals surface area contributed by atoms with Gasteiger partial charge in [0.15, 0.2) is 5.96 Å². The molecule has 0 aromatic carbocycles. The molecule has 0 amide bonds. The van der Waals surface area contributed by atoms with Gasteiger partial charge in [-0.2, -0.15) is 0 Å². The van der Waals surface area contributed by atoms with Crippen molar-refractivity contribution in [3.05, 3.63) is 0 Å². The van der Waals surface area contributed by atoms with Crippen molar-refractivity contribution in [2.45, 2.75) is 77.7 Å². The summed E-state index contributed by atoms with van der Waals surface area (Å²) in [5.41, 5.74) is 0. The third-order valence-electron chi connectivity index (χ3n) is 5.66. The lowest BCUT2D eigenvalue weighted by Gasteiger charge is -2.32. The number of hydrogen-bond donors (Lipinski definition) is 2. The van der Waals surface area contributed by atoms with Crippen LogP contribution in [0.1, 0.15) is 71.6 Å². The van der Waals surface area contributed by atoms with Gasteiger partial charge >= 0.3 is 0 Å². The maximum absolute atomic E-state index is 4.81. The summed E-state index contributed by atoms with van der Waals surface area (Å²) in [6.07, 6.45) is 11.8. The molecule has 2 rings (SSSR count). The normalized spacial score (nSPS) is 21.1. The minimum absolute atomic E-state index is 0.583. The average molecular weight is 366 g/mol. The predicted octanol–water partition coefficient (Wildman–Crippen LogP) is 3.07. The van der Waals surface area contributed by atoms with E-state index in [-0.39, 0.29) is 0 Å². The molecule has 0 unspecified atom stereocenters. The Balaban J connectivity index is 1.58. The number of guanidine groups is 1. The van der Waals surface area contributed by atoms with E-state index in [2.05, 4.69) is 34.3 Å². The second-order valence-corrected chi connectivity index (χ2v) is 7.98. The van der Waals surface area contributed by atoms with Crippen molar-refractivity contribution in [1.82, 2.24) is 20.4 Å². The lowest BCUT2D eigenvalue weighted by Crippen LogP contribution is -2.48. The van der Waals surface area contributed by atoms with Crippen LogP contribution in [0.5, 0.6) is 0 Å². The van der Waals surface area contributed by atoms with Crippen LogP contribution in [0.4, 0.5) is 0 Å². The Morgan fingerprint density at radius 2 is 1.62 bits per heavy atom. The Morgan fingerprint density at radius 1 is 0.885 bits per heavy atom. The molecule has 0 saturated carbocycles. The number of nitrogens with one attached hydrogen (secondary N) is 2. The quantitative estimate of drug-likeness (QED) is 0.355. The lowest BCUT2D eigenvalue weighted by molar-refractivity contribution is 0.206. The number of piperidine rings is 2. The molecule has 152 valence electrons. The third-order valence-corrected chi connectivity index (χ3v) is 5.66. The van der Waals surface area contributed by atoms with Crippen LogP contribution in [-0.2, 0) is 0 Å². The highest BCUT2D eigenvalue weighted by Crippen LogP contribution is 2.11. The van der Waals surface area contributed by atoms with Crippen LogP contribution in [0.2, 0.25) is 0 Å². The fourth-order valence-electron chi connectivity index (χ4n) is 4.13. The van der Waals surface area contributed by atoms with E-state index in [0.717, 1.165) is 19.0 Å². The molecule has 5 heteroatoms. The molecular weight excluding hydrogens is 322 g/mol. The average Bonchev–Trinajstić information content (AvgIpc) is 2.67. The first-order chi connectivity index (χ1) is 12.8. The van der Waals surface area contributed by atoms with E-state index in [1.54, 1.807) is 0 Å². The van der Waals surface area contributed by atoms with Gasteiger partial charge in [-0.1, -0.05) is 19.8 Å². The van der Waals surface area contributed by atoms with Crippen molar-refractivity contribution in [3.8, 4) is 0 Å². The third kappa shape index (κ3) is 8.72. The van der Waals surface area contributed by atoms with Gasteiger partial charge in [0.25, 0.3) is 0 Å². The van der Waals surface area contributed by atoms with E-state index in [1.807, 2.05) is 0 Å². The summed E-state index contributed by atoms with van der Waals surface area (Å²) in [6, 6.07) is 0.583. The van der Waals surface area contributed by atoms with Crippen molar-refractivity contribution in [2.75, 3.05) is 52.4 Å². The highest BCUT2D eigenvalue weighted by Gasteiger charge is 2.19. The summed E-state index contributed by atoms with van der Waals surface area (Å²) >= 11 is 0. The summed E-state index contributed by atoms with van der Waals surface area (Å²) in [6.45, 7) is 13.9. The Bertz CT molecular complexity index is 371. The van der Waals surface area contributed by atoms with E-state index in [9.17, 15) is 0 Å². The van der Waals surface area contributed by atoms with Crippen molar-refractivity contribution in [2.24, 2.45) is 4.99 Å². The Hall–Kier alpha value is -0.810. The molecule has 0 aliphatic carbocycles. The molecule has 0 atom stereocenters.